The lowest BCUT2D eigenvalue weighted by molar-refractivity contribution is -0.136. The molecule has 2 saturated heterocycles. The first-order valence-corrected chi connectivity index (χ1v) is 25.0. The standard InChI is InChI=1S/C52H60FN9O7S/c1-26(2)43(58-50(65)67-7)47(63)60-15-9-11-36(60)45-54-24-33(56-45)28-13-14-35-30(17-28)19-38-42-32(53)18-29(20-39(42)69-49(62(35)38)40-21-31-22-52(5,6)23-41(31)70-40)34-25-55-46(57-34)37-12-10-16-61(37)48(64)44(27(3)4)59-51(66)68-8/h13-14,17-21,24-27,36-37,43-44,49H,9-12,15-16,22-23H2,1-8H3,(H,54,56)(H,55,57)(H,58,65)(H,59,66)/t36-,37-,43-,44-,49?/m0/s1. The molecule has 4 aliphatic rings. The van der Waals surface area contributed by atoms with Gasteiger partial charge < -0.3 is 44.6 Å². The minimum absolute atomic E-state index is 0.151. The lowest BCUT2D eigenvalue weighted by Gasteiger charge is -2.30. The normalized spacial score (nSPS) is 20.0. The summed E-state index contributed by atoms with van der Waals surface area (Å²) in [6, 6.07) is 11.6. The second-order valence-electron chi connectivity index (χ2n) is 20.5. The molecule has 0 spiro atoms. The zero-order valence-corrected chi connectivity index (χ0v) is 41.6. The summed E-state index contributed by atoms with van der Waals surface area (Å²) in [4.78, 5) is 74.3. The number of nitrogens with zero attached hydrogens (tertiary/aromatic N) is 5. The van der Waals surface area contributed by atoms with E-state index in [2.05, 4.69) is 51.1 Å². The highest BCUT2D eigenvalue weighted by Crippen LogP contribution is 2.50. The number of carbonyl (C=O) groups is 4. The Morgan fingerprint density at radius 1 is 0.800 bits per heavy atom. The van der Waals surface area contributed by atoms with E-state index in [1.54, 1.807) is 33.5 Å². The fraction of sp³-hybridized carbons (Fsp3) is 0.462. The molecule has 368 valence electrons. The lowest BCUT2D eigenvalue weighted by atomic mass is 9.91. The van der Waals surface area contributed by atoms with Gasteiger partial charge in [0.1, 0.15) is 35.3 Å². The number of hydrogen-bond donors (Lipinski definition) is 4. The van der Waals surface area contributed by atoms with Crippen LogP contribution in [0.1, 0.15) is 113 Å². The maximum absolute atomic E-state index is 17.0. The molecule has 70 heavy (non-hydrogen) atoms. The van der Waals surface area contributed by atoms with Crippen molar-refractivity contribution in [3.05, 3.63) is 87.6 Å². The van der Waals surface area contributed by atoms with Crippen LogP contribution < -0.4 is 15.4 Å². The van der Waals surface area contributed by atoms with Crippen LogP contribution in [0.4, 0.5) is 14.0 Å². The van der Waals surface area contributed by atoms with Crippen molar-refractivity contribution in [2.45, 2.75) is 110 Å². The number of nitrogens with one attached hydrogen (secondary N) is 4. The van der Waals surface area contributed by atoms with E-state index in [1.165, 1.54) is 30.7 Å². The number of carbonyl (C=O) groups excluding carboxylic acids is 4. The molecule has 6 aromatic rings. The Morgan fingerprint density at radius 2 is 1.39 bits per heavy atom. The summed E-state index contributed by atoms with van der Waals surface area (Å²) in [6.45, 7) is 13.2. The van der Waals surface area contributed by atoms with Crippen LogP contribution in [0, 0.1) is 23.1 Å². The third-order valence-corrected chi connectivity index (χ3v) is 15.6. The zero-order chi connectivity index (χ0) is 49.3. The number of halogens is 1. The second kappa shape index (κ2) is 18.2. The molecule has 0 saturated carbocycles. The number of H-pyrrole nitrogens is 2. The maximum atomic E-state index is 17.0. The van der Waals surface area contributed by atoms with Crippen LogP contribution in [0.15, 0.2) is 54.9 Å². The number of likely N-dealkylation sites (tertiary alicyclic amines) is 2. The molecule has 1 unspecified atom stereocenters. The molecule has 2 fully saturated rings. The monoisotopic (exact) mass is 973 g/mol. The highest BCUT2D eigenvalue weighted by atomic mass is 32.1. The maximum Gasteiger partial charge on any atom is 0.407 e. The summed E-state index contributed by atoms with van der Waals surface area (Å²) < 4.78 is 35.7. The van der Waals surface area contributed by atoms with Crippen molar-refractivity contribution < 1.29 is 37.8 Å². The molecule has 18 heteroatoms. The number of aromatic nitrogens is 5. The van der Waals surface area contributed by atoms with E-state index in [0.717, 1.165) is 59.1 Å². The summed E-state index contributed by atoms with van der Waals surface area (Å²) in [7, 11) is 2.55. The number of imidazole rings is 2. The largest absolute Gasteiger partial charge is 0.464 e. The predicted molar refractivity (Wildman–Crippen MR) is 262 cm³/mol. The number of alkyl carbamates (subject to hydrolysis) is 2. The van der Waals surface area contributed by atoms with Crippen LogP contribution >= 0.6 is 11.3 Å². The van der Waals surface area contributed by atoms with Gasteiger partial charge in [0.25, 0.3) is 0 Å². The Balaban J connectivity index is 0.977. The number of fused-ring (bicyclic) bond motifs is 6. The van der Waals surface area contributed by atoms with E-state index >= 15 is 4.39 Å². The fourth-order valence-electron chi connectivity index (χ4n) is 10.9. The molecule has 2 aromatic carbocycles. The van der Waals surface area contributed by atoms with Crippen molar-refractivity contribution in [1.29, 1.82) is 0 Å². The molecule has 4 aromatic heterocycles. The number of amides is 4. The van der Waals surface area contributed by atoms with Gasteiger partial charge in [-0.25, -0.2) is 23.9 Å². The molecule has 7 heterocycles. The Hall–Kier alpha value is -6.69. The van der Waals surface area contributed by atoms with Crippen molar-refractivity contribution >= 4 is 46.2 Å². The highest BCUT2D eigenvalue weighted by Gasteiger charge is 2.41. The Kier molecular flexibility index (Phi) is 12.3. The van der Waals surface area contributed by atoms with E-state index < -0.39 is 36.3 Å². The summed E-state index contributed by atoms with van der Waals surface area (Å²) in [6.07, 6.45) is 6.47. The third-order valence-electron chi connectivity index (χ3n) is 14.4. The fourth-order valence-corrected chi connectivity index (χ4v) is 12.4. The first kappa shape index (κ1) is 47.0. The Labute approximate surface area is 409 Å². The molecule has 4 N–H and O–H groups in total. The van der Waals surface area contributed by atoms with Crippen molar-refractivity contribution in [3.63, 3.8) is 0 Å². The average molecular weight is 974 g/mol. The molecule has 3 aliphatic heterocycles. The van der Waals surface area contributed by atoms with Gasteiger partial charge in [-0.3, -0.25) is 14.2 Å². The van der Waals surface area contributed by atoms with E-state index in [9.17, 15) is 19.2 Å². The van der Waals surface area contributed by atoms with Crippen molar-refractivity contribution in [2.24, 2.45) is 17.3 Å². The smallest absolute Gasteiger partial charge is 0.407 e. The van der Waals surface area contributed by atoms with Crippen molar-refractivity contribution in [1.82, 2.24) is 44.9 Å². The third kappa shape index (κ3) is 8.46. The topological polar surface area (TPSA) is 189 Å². The molecular weight excluding hydrogens is 914 g/mol. The van der Waals surface area contributed by atoms with Crippen LogP contribution in [0.25, 0.3) is 44.7 Å². The molecule has 0 radical (unpaired) electrons. The number of methoxy groups -OCH3 is 2. The Bertz CT molecular complexity index is 3000. The number of hydrogen-bond acceptors (Lipinski definition) is 10. The van der Waals surface area contributed by atoms with E-state index in [0.29, 0.717) is 59.4 Å². The molecule has 16 nitrogen and oxygen atoms in total. The minimum atomic E-state index is -0.770. The molecular formula is C52H60FN9O7S. The van der Waals surface area contributed by atoms with Gasteiger partial charge in [0.15, 0.2) is 0 Å². The van der Waals surface area contributed by atoms with Crippen LogP contribution in [0.3, 0.4) is 0 Å². The number of aromatic amines is 2. The average Bonchev–Trinajstić information content (AvgIpc) is 4.19. The quantitative estimate of drug-likeness (QED) is 0.0981. The number of rotatable bonds is 11. The van der Waals surface area contributed by atoms with Gasteiger partial charge in [-0.1, -0.05) is 47.6 Å². The van der Waals surface area contributed by atoms with Gasteiger partial charge in [-0.15, -0.1) is 11.3 Å². The SMILES string of the molecule is COC(=O)N[C@H](C(=O)N1CCC[C@H]1c1ncc(-c2cc(F)c3c(c2)OC(c2cc4c(s2)CC(C)(C)C4)n2c-3cc3cc(-c4cnc([C@@H]5CCCN5C(=O)[C@@H](NC(=O)OC)C(C)C)[nH]4)ccc32)[nH]1)C(C)C. The number of benzene rings is 2. The molecule has 4 amide bonds. The van der Waals surface area contributed by atoms with E-state index in [1.807, 2.05) is 52.0 Å². The van der Waals surface area contributed by atoms with Gasteiger partial charge in [-0.05, 0) is 97.7 Å². The lowest BCUT2D eigenvalue weighted by Crippen LogP contribution is -2.51. The minimum Gasteiger partial charge on any atom is -0.464 e. The highest BCUT2D eigenvalue weighted by molar-refractivity contribution is 7.12. The predicted octanol–water partition coefficient (Wildman–Crippen LogP) is 9.44. The van der Waals surface area contributed by atoms with Gasteiger partial charge >= 0.3 is 12.2 Å². The van der Waals surface area contributed by atoms with E-state index in [-0.39, 0.29) is 41.1 Å². The molecule has 1 aliphatic carbocycles. The van der Waals surface area contributed by atoms with Gasteiger partial charge in [0.2, 0.25) is 18.0 Å². The second-order valence-corrected chi connectivity index (χ2v) is 21.7. The number of ether oxygens (including phenoxy) is 3. The first-order chi connectivity index (χ1) is 33.5. The van der Waals surface area contributed by atoms with Crippen molar-refractivity contribution in [2.75, 3.05) is 27.3 Å². The van der Waals surface area contributed by atoms with Crippen LogP contribution in [-0.2, 0) is 31.9 Å². The van der Waals surface area contributed by atoms with Crippen LogP contribution in [0.5, 0.6) is 5.75 Å². The summed E-state index contributed by atoms with van der Waals surface area (Å²) >= 11 is 1.75. The van der Waals surface area contributed by atoms with Gasteiger partial charge in [0.05, 0.1) is 71.7 Å². The van der Waals surface area contributed by atoms with Crippen LogP contribution in [0.2, 0.25) is 0 Å². The van der Waals surface area contributed by atoms with Gasteiger partial charge in [-0.2, -0.15) is 0 Å². The van der Waals surface area contributed by atoms with Crippen LogP contribution in [-0.4, -0.2) is 97.7 Å². The zero-order valence-electron chi connectivity index (χ0n) is 40.8. The summed E-state index contributed by atoms with van der Waals surface area (Å²) in [5.74, 6) is 0.479. The first-order valence-electron chi connectivity index (χ1n) is 24.2. The summed E-state index contributed by atoms with van der Waals surface area (Å²) in [5.41, 5.74) is 6.20. The Morgan fingerprint density at radius 3 is 1.94 bits per heavy atom. The molecule has 5 atom stereocenters. The molecule has 10 rings (SSSR count). The van der Waals surface area contributed by atoms with Gasteiger partial charge in [0, 0.05) is 34.5 Å². The molecule has 0 bridgehead atoms. The summed E-state index contributed by atoms with van der Waals surface area (Å²) in [5, 5.41) is 6.30. The van der Waals surface area contributed by atoms with E-state index in [4.69, 9.17) is 24.2 Å². The van der Waals surface area contributed by atoms with Crippen molar-refractivity contribution in [3.8, 4) is 39.5 Å². The number of thiophene rings is 1.